The number of rotatable bonds is 41. The monoisotopic (exact) mass is 844 g/mol. The van der Waals surface area contributed by atoms with Crippen LogP contribution < -0.4 is 5.32 Å². The van der Waals surface area contributed by atoms with Gasteiger partial charge in [-0.25, -0.2) is 0 Å². The maximum Gasteiger partial charge on any atom is 0.249 e. The molecule has 0 aromatic rings. The largest absolute Gasteiger partial charge is 0.394 e. The Bertz CT molecular complexity index is 970. The third-order valence-corrected chi connectivity index (χ3v) is 12.1. The molecule has 11 nitrogen and oxygen atoms in total. The summed E-state index contributed by atoms with van der Waals surface area (Å²) in [4.78, 5) is 13.1. The van der Waals surface area contributed by atoms with Crippen LogP contribution in [0.4, 0.5) is 0 Å². The normalized spacial score (nSPS) is 21.8. The van der Waals surface area contributed by atoms with Gasteiger partial charge in [0.1, 0.15) is 36.6 Å². The lowest BCUT2D eigenvalue weighted by Crippen LogP contribution is -2.60. The van der Waals surface area contributed by atoms with Crippen molar-refractivity contribution in [2.45, 2.75) is 274 Å². The van der Waals surface area contributed by atoms with E-state index in [1.165, 1.54) is 141 Å². The molecule has 1 fully saturated rings. The molecule has 11 heteroatoms. The van der Waals surface area contributed by atoms with E-state index in [2.05, 4.69) is 31.3 Å². The molecule has 0 radical (unpaired) electrons. The number of hydrogen-bond acceptors (Lipinski definition) is 10. The summed E-state index contributed by atoms with van der Waals surface area (Å²) in [5.41, 5.74) is 0. The topological polar surface area (TPSA) is 189 Å². The second kappa shape index (κ2) is 38.5. The van der Waals surface area contributed by atoms with Crippen molar-refractivity contribution in [1.29, 1.82) is 0 Å². The molecule has 1 heterocycles. The Balaban J connectivity index is 2.38. The molecule has 0 saturated carbocycles. The van der Waals surface area contributed by atoms with Gasteiger partial charge in [0, 0.05) is 0 Å². The Morgan fingerprint density at radius 1 is 0.576 bits per heavy atom. The number of unbranched alkanes of at least 4 members (excludes halogenated alkanes) is 27. The number of carbonyl (C=O) groups is 1. The molecule has 8 N–H and O–H groups in total. The smallest absolute Gasteiger partial charge is 0.249 e. The molecule has 0 aromatic carbocycles. The fraction of sp³-hybridized carbons (Fsp3) is 0.938. The SMILES string of the molecule is CCCCCCCC/C=C\CCCCCCCCCCCC[C@@H](O)C(=O)N[C@@H](CO[C@@H]1O[C@H](CO)[C@@H](O)[C@H](O)[C@H]1O)[C@H](O)[C@H](O)CCCCCCCCCCCCCC. The van der Waals surface area contributed by atoms with Crippen LogP contribution in [0.2, 0.25) is 0 Å². The molecular formula is C48H93NO10. The molecule has 59 heavy (non-hydrogen) atoms. The fourth-order valence-electron chi connectivity index (χ4n) is 7.96. The number of nitrogens with one attached hydrogen (secondary N) is 1. The van der Waals surface area contributed by atoms with Crippen molar-refractivity contribution in [3.8, 4) is 0 Å². The molecule has 1 aliphatic rings. The molecule has 1 saturated heterocycles. The summed E-state index contributed by atoms with van der Waals surface area (Å²) in [5, 5.41) is 75.7. The minimum atomic E-state index is -1.66. The first-order chi connectivity index (χ1) is 28.7. The van der Waals surface area contributed by atoms with Gasteiger partial charge >= 0.3 is 0 Å². The Hall–Kier alpha value is -1.15. The fourth-order valence-corrected chi connectivity index (χ4v) is 7.96. The summed E-state index contributed by atoms with van der Waals surface area (Å²) in [6.07, 6.45) is 29.7. The minimum absolute atomic E-state index is 0.261. The van der Waals surface area contributed by atoms with Crippen LogP contribution in [0, 0.1) is 0 Å². The lowest BCUT2D eigenvalue weighted by molar-refractivity contribution is -0.303. The van der Waals surface area contributed by atoms with Crippen molar-refractivity contribution in [1.82, 2.24) is 5.32 Å². The van der Waals surface area contributed by atoms with Crippen LogP contribution in [0.15, 0.2) is 12.2 Å². The van der Waals surface area contributed by atoms with Crippen molar-refractivity contribution in [3.63, 3.8) is 0 Å². The molecule has 0 aliphatic carbocycles. The van der Waals surface area contributed by atoms with E-state index >= 15 is 0 Å². The average molecular weight is 844 g/mol. The summed E-state index contributed by atoms with van der Waals surface area (Å²) >= 11 is 0. The highest BCUT2D eigenvalue weighted by Crippen LogP contribution is 2.23. The van der Waals surface area contributed by atoms with Gasteiger partial charge < -0.3 is 50.5 Å². The van der Waals surface area contributed by atoms with E-state index in [1.54, 1.807) is 0 Å². The number of aliphatic hydroxyl groups is 7. The Morgan fingerprint density at radius 2 is 0.983 bits per heavy atom. The molecule has 350 valence electrons. The van der Waals surface area contributed by atoms with Gasteiger partial charge in [-0.3, -0.25) is 4.79 Å². The van der Waals surface area contributed by atoms with Gasteiger partial charge in [0.25, 0.3) is 0 Å². The van der Waals surface area contributed by atoms with Gasteiger partial charge in [0.2, 0.25) is 5.91 Å². The van der Waals surface area contributed by atoms with Crippen LogP contribution >= 0.6 is 0 Å². The van der Waals surface area contributed by atoms with Crippen LogP contribution in [0.5, 0.6) is 0 Å². The maximum absolute atomic E-state index is 13.1. The molecule has 9 atom stereocenters. The minimum Gasteiger partial charge on any atom is -0.394 e. The summed E-state index contributed by atoms with van der Waals surface area (Å²) in [6.45, 7) is 3.44. The van der Waals surface area contributed by atoms with Gasteiger partial charge in [-0.05, 0) is 38.5 Å². The number of hydrogen-bond donors (Lipinski definition) is 8. The predicted molar refractivity (Wildman–Crippen MR) is 238 cm³/mol. The number of amides is 1. The Labute approximate surface area is 360 Å². The first-order valence-corrected chi connectivity index (χ1v) is 24.6. The van der Waals surface area contributed by atoms with E-state index in [4.69, 9.17) is 9.47 Å². The third kappa shape index (κ3) is 28.2. The van der Waals surface area contributed by atoms with Crippen LogP contribution in [-0.4, -0.2) is 110 Å². The maximum atomic E-state index is 13.1. The van der Waals surface area contributed by atoms with E-state index in [0.717, 1.165) is 38.5 Å². The molecule has 1 aliphatic heterocycles. The van der Waals surface area contributed by atoms with Gasteiger partial charge in [-0.2, -0.15) is 0 Å². The Morgan fingerprint density at radius 3 is 1.42 bits per heavy atom. The number of carbonyl (C=O) groups excluding carboxylic acids is 1. The van der Waals surface area contributed by atoms with E-state index in [0.29, 0.717) is 19.3 Å². The summed E-state index contributed by atoms with van der Waals surface area (Å²) in [6, 6.07) is -1.16. The lowest BCUT2D eigenvalue weighted by Gasteiger charge is -2.40. The van der Waals surface area contributed by atoms with Crippen molar-refractivity contribution in [3.05, 3.63) is 12.2 Å². The predicted octanol–water partition coefficient (Wildman–Crippen LogP) is 8.45. The number of ether oxygens (including phenoxy) is 2. The summed E-state index contributed by atoms with van der Waals surface area (Å²) < 4.78 is 11.1. The zero-order chi connectivity index (χ0) is 43.4. The first kappa shape index (κ1) is 55.9. The first-order valence-electron chi connectivity index (χ1n) is 24.6. The van der Waals surface area contributed by atoms with Gasteiger partial charge in [0.05, 0.1) is 25.4 Å². The van der Waals surface area contributed by atoms with Gasteiger partial charge in [-0.15, -0.1) is 0 Å². The van der Waals surface area contributed by atoms with Crippen LogP contribution in [0.1, 0.15) is 219 Å². The van der Waals surface area contributed by atoms with E-state index in [1.807, 2.05) is 0 Å². The molecule has 1 amide bonds. The highest BCUT2D eigenvalue weighted by atomic mass is 16.7. The standard InChI is InChI=1S/C48H93NO10/c1-3-5-7-9-11-13-15-17-18-19-20-21-22-23-24-26-28-30-32-34-36-41(52)47(57)49-39(38-58-48-46(56)45(55)44(54)42(37-50)59-48)43(53)40(51)35-33-31-29-27-25-16-14-12-10-8-6-4-2/h17-18,39-46,48,50-56H,3-16,19-38H2,1-2H3,(H,49,57)/b18-17-/t39-,40+,41+,42+,43-,44+,45-,46+,48+/m0/s1. The van der Waals surface area contributed by atoms with Crippen LogP contribution in [0.3, 0.4) is 0 Å². The second-order valence-electron chi connectivity index (χ2n) is 17.5. The van der Waals surface area contributed by atoms with Crippen molar-refractivity contribution >= 4 is 5.91 Å². The molecule has 0 aromatic heterocycles. The highest BCUT2D eigenvalue weighted by molar-refractivity contribution is 5.80. The summed E-state index contributed by atoms with van der Waals surface area (Å²) in [7, 11) is 0. The van der Waals surface area contributed by atoms with Crippen LogP contribution in [0.25, 0.3) is 0 Å². The summed E-state index contributed by atoms with van der Waals surface area (Å²) in [5.74, 6) is -0.697. The zero-order valence-electron chi connectivity index (χ0n) is 37.7. The van der Waals surface area contributed by atoms with E-state index < -0.39 is 74.2 Å². The van der Waals surface area contributed by atoms with Crippen LogP contribution in [-0.2, 0) is 14.3 Å². The molecule has 0 bridgehead atoms. The van der Waals surface area contributed by atoms with Crippen molar-refractivity contribution < 1.29 is 50.0 Å². The second-order valence-corrected chi connectivity index (χ2v) is 17.5. The number of allylic oxidation sites excluding steroid dienone is 2. The molecule has 0 unspecified atom stereocenters. The average Bonchev–Trinajstić information content (AvgIpc) is 3.23. The molecular weight excluding hydrogens is 751 g/mol. The van der Waals surface area contributed by atoms with Crippen molar-refractivity contribution in [2.24, 2.45) is 0 Å². The van der Waals surface area contributed by atoms with E-state index in [-0.39, 0.29) is 6.42 Å². The molecule has 1 rings (SSSR count). The Kier molecular flexibility index (Phi) is 36.5. The lowest BCUT2D eigenvalue weighted by atomic mass is 9.98. The number of aliphatic hydroxyl groups excluding tert-OH is 7. The molecule has 0 spiro atoms. The van der Waals surface area contributed by atoms with Gasteiger partial charge in [-0.1, -0.05) is 193 Å². The zero-order valence-corrected chi connectivity index (χ0v) is 37.7. The highest BCUT2D eigenvalue weighted by Gasteiger charge is 2.44. The third-order valence-electron chi connectivity index (χ3n) is 12.1. The van der Waals surface area contributed by atoms with Crippen molar-refractivity contribution in [2.75, 3.05) is 13.2 Å². The van der Waals surface area contributed by atoms with E-state index in [9.17, 15) is 40.5 Å². The van der Waals surface area contributed by atoms with Gasteiger partial charge in [0.15, 0.2) is 6.29 Å². The quantitative estimate of drug-likeness (QED) is 0.0219.